The number of ether oxygens (including phenoxy) is 4. The number of nitrogens with one attached hydrogen (secondary N) is 1. The molecule has 6 atom stereocenters. The van der Waals surface area contributed by atoms with Crippen molar-refractivity contribution in [2.45, 2.75) is 50.0 Å². The van der Waals surface area contributed by atoms with Crippen LogP contribution >= 0.6 is 0 Å². The number of benzene rings is 1. The Bertz CT molecular complexity index is 894. The van der Waals surface area contributed by atoms with Gasteiger partial charge in [0, 0.05) is 31.2 Å². The molecule has 0 aromatic heterocycles. The monoisotopic (exact) mass is 428 g/mol. The molecule has 4 saturated heterocycles. The fourth-order valence-electron chi connectivity index (χ4n) is 6.50. The molecule has 0 radical (unpaired) electrons. The van der Waals surface area contributed by atoms with Gasteiger partial charge in [-0.1, -0.05) is 19.4 Å². The molecular weight excluding hydrogens is 396 g/mol. The molecule has 4 fully saturated rings. The van der Waals surface area contributed by atoms with Gasteiger partial charge < -0.3 is 24.3 Å². The van der Waals surface area contributed by atoms with E-state index in [1.807, 2.05) is 12.1 Å². The van der Waals surface area contributed by atoms with E-state index in [4.69, 9.17) is 18.9 Å². The third-order valence-corrected chi connectivity index (χ3v) is 7.81. The smallest absolute Gasteiger partial charge is 0.337 e. The second-order valence-corrected chi connectivity index (χ2v) is 9.17. The van der Waals surface area contributed by atoms with Crippen molar-refractivity contribution in [1.29, 1.82) is 0 Å². The average molecular weight is 429 g/mol. The van der Waals surface area contributed by atoms with Crippen molar-refractivity contribution in [1.82, 2.24) is 4.90 Å². The van der Waals surface area contributed by atoms with Gasteiger partial charge in [-0.05, 0) is 30.4 Å². The van der Waals surface area contributed by atoms with Crippen molar-refractivity contribution >= 4 is 11.7 Å². The van der Waals surface area contributed by atoms with Gasteiger partial charge in [-0.15, -0.1) is 0 Å². The maximum absolute atomic E-state index is 12.6. The number of carbonyl (C=O) groups is 1. The Morgan fingerprint density at radius 3 is 2.81 bits per heavy atom. The highest BCUT2D eigenvalue weighted by Crippen LogP contribution is 2.59. The van der Waals surface area contributed by atoms with Crippen molar-refractivity contribution in [3.63, 3.8) is 0 Å². The minimum absolute atomic E-state index is 0.0819. The Balaban J connectivity index is 1.53. The zero-order valence-corrected chi connectivity index (χ0v) is 18.7. The molecule has 5 heterocycles. The third-order valence-electron chi connectivity index (χ3n) is 7.81. The van der Waals surface area contributed by atoms with E-state index in [1.165, 1.54) is 7.11 Å². The van der Waals surface area contributed by atoms with Crippen LogP contribution in [0.2, 0.25) is 0 Å². The van der Waals surface area contributed by atoms with Crippen LogP contribution in [0.25, 0.3) is 0 Å². The lowest BCUT2D eigenvalue weighted by atomic mass is 9.71. The van der Waals surface area contributed by atoms with Crippen LogP contribution in [0, 0.1) is 11.8 Å². The Labute approximate surface area is 183 Å². The van der Waals surface area contributed by atoms with E-state index in [9.17, 15) is 4.79 Å². The molecule has 31 heavy (non-hydrogen) atoms. The molecule has 6 rings (SSSR count). The Hall–Kier alpha value is -2.25. The summed E-state index contributed by atoms with van der Waals surface area (Å²) in [4.78, 5) is 15.2. The van der Waals surface area contributed by atoms with Crippen LogP contribution in [0.4, 0.5) is 5.69 Å². The van der Waals surface area contributed by atoms with E-state index in [2.05, 4.69) is 23.2 Å². The van der Waals surface area contributed by atoms with E-state index in [0.29, 0.717) is 11.5 Å². The lowest BCUT2D eigenvalue weighted by Crippen LogP contribution is -2.58. The molecule has 0 amide bonds. The lowest BCUT2D eigenvalue weighted by Gasteiger charge is -2.48. The van der Waals surface area contributed by atoms with Crippen molar-refractivity contribution < 1.29 is 23.7 Å². The summed E-state index contributed by atoms with van der Waals surface area (Å²) in [5.41, 5.74) is 2.51. The van der Waals surface area contributed by atoms with E-state index >= 15 is 0 Å². The Morgan fingerprint density at radius 2 is 2.13 bits per heavy atom. The van der Waals surface area contributed by atoms with Gasteiger partial charge in [-0.3, -0.25) is 4.90 Å². The summed E-state index contributed by atoms with van der Waals surface area (Å²) in [6.07, 6.45) is 4.65. The molecule has 7 heteroatoms. The Kier molecular flexibility index (Phi) is 5.13. The van der Waals surface area contributed by atoms with Crippen LogP contribution in [0.1, 0.15) is 31.7 Å². The van der Waals surface area contributed by atoms with Crippen LogP contribution in [0.15, 0.2) is 30.0 Å². The van der Waals surface area contributed by atoms with Gasteiger partial charge in [0.1, 0.15) is 11.4 Å². The second-order valence-electron chi connectivity index (χ2n) is 9.17. The zero-order chi connectivity index (χ0) is 21.8. The molecule has 1 N–H and O–H groups in total. The minimum atomic E-state index is -0.369. The van der Waals surface area contributed by atoms with Crippen LogP contribution in [0.5, 0.6) is 5.75 Å². The molecule has 7 nitrogen and oxygen atoms in total. The molecule has 168 valence electrons. The summed E-state index contributed by atoms with van der Waals surface area (Å²) >= 11 is 0. The predicted octanol–water partition coefficient (Wildman–Crippen LogP) is 2.91. The van der Waals surface area contributed by atoms with Gasteiger partial charge in [-0.2, -0.15) is 0 Å². The highest BCUT2D eigenvalue weighted by molar-refractivity contribution is 5.88. The molecule has 4 unspecified atom stereocenters. The van der Waals surface area contributed by atoms with Gasteiger partial charge in [0.05, 0.1) is 50.9 Å². The van der Waals surface area contributed by atoms with E-state index in [-0.39, 0.29) is 35.7 Å². The fourth-order valence-corrected chi connectivity index (χ4v) is 6.50. The SMILES string of the molecule is CC[C@@H]1CN2CC3CC4(O3)c3c(cccc3OC)NC4C2C[C@@H]1/C(=C\OC)C(=O)OC. The second kappa shape index (κ2) is 7.71. The molecule has 5 aliphatic heterocycles. The molecular formula is C24H32N2O5. The number of piperidine rings is 1. The van der Waals surface area contributed by atoms with E-state index in [1.54, 1.807) is 20.5 Å². The van der Waals surface area contributed by atoms with Gasteiger partial charge in [-0.25, -0.2) is 4.79 Å². The first kappa shape index (κ1) is 20.6. The number of methoxy groups -OCH3 is 3. The minimum Gasteiger partial charge on any atom is -0.504 e. The van der Waals surface area contributed by atoms with Gasteiger partial charge in [0.15, 0.2) is 0 Å². The number of esters is 1. The topological polar surface area (TPSA) is 69.3 Å². The highest BCUT2D eigenvalue weighted by atomic mass is 16.5. The van der Waals surface area contributed by atoms with Gasteiger partial charge >= 0.3 is 5.97 Å². The maximum atomic E-state index is 12.6. The summed E-state index contributed by atoms with van der Waals surface area (Å²) in [6, 6.07) is 6.50. The first-order valence-corrected chi connectivity index (χ1v) is 11.2. The number of hydrogen-bond donors (Lipinski definition) is 1. The Morgan fingerprint density at radius 1 is 1.32 bits per heavy atom. The standard InChI is InChI=1S/C24H32N2O5/c1-5-14-11-26-12-15-10-24(31-15)21-18(7-6-8-20(21)29-3)25-22(24)19(26)9-16(14)17(13-28-2)23(27)30-4/h6-8,13-16,19,22,25H,5,9-12H2,1-4H3/b17-13+/t14-,15?,16+,19?,22?,24?/m1/s1. The van der Waals surface area contributed by atoms with Crippen LogP contribution in [-0.2, 0) is 24.6 Å². The molecule has 1 aromatic rings. The van der Waals surface area contributed by atoms with Crippen LogP contribution in [-0.4, -0.2) is 63.5 Å². The molecule has 0 aliphatic carbocycles. The summed E-state index contributed by atoms with van der Waals surface area (Å²) in [5.74, 6) is 1.03. The summed E-state index contributed by atoms with van der Waals surface area (Å²) in [7, 11) is 4.75. The molecule has 2 bridgehead atoms. The average Bonchev–Trinajstić information content (AvgIpc) is 2.98. The molecule has 1 spiro atoms. The number of nitrogens with zero attached hydrogens (tertiary/aromatic N) is 1. The number of fused-ring (bicyclic) bond motifs is 1. The number of anilines is 1. The number of rotatable bonds is 5. The zero-order valence-electron chi connectivity index (χ0n) is 18.7. The summed E-state index contributed by atoms with van der Waals surface area (Å²) in [5, 5.41) is 3.78. The normalized spacial score (nSPS) is 36.1. The quantitative estimate of drug-likeness (QED) is 0.439. The van der Waals surface area contributed by atoms with Crippen molar-refractivity contribution in [3.8, 4) is 5.75 Å². The fraction of sp³-hybridized carbons (Fsp3) is 0.625. The van der Waals surface area contributed by atoms with E-state index < -0.39 is 0 Å². The van der Waals surface area contributed by atoms with Gasteiger partial charge in [0.25, 0.3) is 0 Å². The van der Waals surface area contributed by atoms with Crippen molar-refractivity contribution in [3.05, 3.63) is 35.6 Å². The largest absolute Gasteiger partial charge is 0.504 e. The van der Waals surface area contributed by atoms with Crippen LogP contribution < -0.4 is 10.1 Å². The summed E-state index contributed by atoms with van der Waals surface area (Å²) in [6.45, 7) is 4.06. The first-order valence-electron chi connectivity index (χ1n) is 11.2. The first-order chi connectivity index (χ1) is 15.1. The van der Waals surface area contributed by atoms with E-state index in [0.717, 1.165) is 49.4 Å². The third kappa shape index (κ3) is 2.97. The van der Waals surface area contributed by atoms with Gasteiger partial charge in [0.2, 0.25) is 0 Å². The summed E-state index contributed by atoms with van der Waals surface area (Å²) < 4.78 is 22.8. The molecule has 5 aliphatic rings. The lowest BCUT2D eigenvalue weighted by molar-refractivity contribution is -0.207. The highest BCUT2D eigenvalue weighted by Gasteiger charge is 2.64. The van der Waals surface area contributed by atoms with Crippen LogP contribution in [0.3, 0.4) is 0 Å². The number of hydrogen-bond acceptors (Lipinski definition) is 7. The maximum Gasteiger partial charge on any atom is 0.337 e. The molecule has 1 aromatic carbocycles. The van der Waals surface area contributed by atoms with Crippen molar-refractivity contribution in [2.75, 3.05) is 39.7 Å². The number of carbonyl (C=O) groups excluding carboxylic acids is 1. The predicted molar refractivity (Wildman–Crippen MR) is 116 cm³/mol. The molecule has 0 saturated carbocycles. The van der Waals surface area contributed by atoms with Crippen molar-refractivity contribution in [2.24, 2.45) is 11.8 Å².